The van der Waals surface area contributed by atoms with Gasteiger partial charge in [-0.1, -0.05) is 63.9 Å². The normalized spacial score (nSPS) is 12.0. The number of rotatable bonds is 13. The highest BCUT2D eigenvalue weighted by Crippen LogP contribution is 2.30. The van der Waals surface area contributed by atoms with Gasteiger partial charge in [0.15, 0.2) is 0 Å². The Kier molecular flexibility index (Phi) is 9.17. The van der Waals surface area contributed by atoms with Gasteiger partial charge in [-0.3, -0.25) is 9.78 Å². The summed E-state index contributed by atoms with van der Waals surface area (Å²) in [4.78, 5) is 19.4. The number of carboxylic acid groups (broad SMARTS) is 1. The quantitative estimate of drug-likeness (QED) is 0.339. The van der Waals surface area contributed by atoms with Crippen molar-refractivity contribution < 1.29 is 18.3 Å². The lowest BCUT2D eigenvalue weighted by atomic mass is 9.80. The third-order valence-electron chi connectivity index (χ3n) is 6.09. The van der Waals surface area contributed by atoms with Gasteiger partial charge in [-0.25, -0.2) is 13.4 Å². The first-order valence-corrected chi connectivity index (χ1v) is 13.5. The van der Waals surface area contributed by atoms with Gasteiger partial charge >= 0.3 is 5.97 Å². The van der Waals surface area contributed by atoms with Crippen molar-refractivity contribution in [1.82, 2.24) is 14.3 Å². The van der Waals surface area contributed by atoms with Gasteiger partial charge in [0.05, 0.1) is 12.2 Å². The van der Waals surface area contributed by atoms with Gasteiger partial charge in [0.1, 0.15) is 17.3 Å². The van der Waals surface area contributed by atoms with Gasteiger partial charge < -0.3 is 10.4 Å². The van der Waals surface area contributed by atoms with Crippen LogP contribution in [0.15, 0.2) is 71.9 Å². The van der Waals surface area contributed by atoms with Gasteiger partial charge in [0.25, 0.3) is 0 Å². The maximum absolute atomic E-state index is 13.6. The Morgan fingerprint density at radius 1 is 1.06 bits per heavy atom. The van der Waals surface area contributed by atoms with Crippen molar-refractivity contribution in [2.45, 2.75) is 63.4 Å². The summed E-state index contributed by atoms with van der Waals surface area (Å²) in [5, 5.41) is 11.6. The Hall–Kier alpha value is -3.30. The molecule has 0 fully saturated rings. The van der Waals surface area contributed by atoms with E-state index >= 15 is 0 Å². The molecule has 0 aliphatic rings. The zero-order valence-electron chi connectivity index (χ0n) is 21.0. The minimum Gasteiger partial charge on any atom is -0.480 e. The van der Waals surface area contributed by atoms with Crippen LogP contribution < -0.4 is 5.32 Å². The van der Waals surface area contributed by atoms with Crippen LogP contribution in [-0.2, 0) is 33.3 Å². The van der Waals surface area contributed by atoms with Crippen LogP contribution in [0.3, 0.4) is 0 Å². The number of aliphatic carboxylic acids is 1. The fourth-order valence-electron chi connectivity index (χ4n) is 3.92. The topological polar surface area (TPSA) is 112 Å². The first kappa shape index (κ1) is 27.3. The Labute approximate surface area is 213 Å². The van der Waals surface area contributed by atoms with Gasteiger partial charge in [-0.2, -0.15) is 4.31 Å². The molecule has 3 aromatic rings. The highest BCUT2D eigenvalue weighted by molar-refractivity contribution is 7.89. The van der Waals surface area contributed by atoms with Gasteiger partial charge in [-0.15, -0.1) is 0 Å². The van der Waals surface area contributed by atoms with E-state index in [4.69, 9.17) is 5.11 Å². The predicted octanol–water partition coefficient (Wildman–Crippen LogP) is 4.83. The van der Waals surface area contributed by atoms with Gasteiger partial charge in [-0.05, 0) is 47.2 Å². The summed E-state index contributed by atoms with van der Waals surface area (Å²) in [7, 11) is -3.87. The number of pyridine rings is 2. The number of hydrogen-bond donors (Lipinski definition) is 2. The molecule has 0 saturated heterocycles. The molecule has 2 N–H and O–H groups in total. The molecule has 192 valence electrons. The Morgan fingerprint density at radius 3 is 2.44 bits per heavy atom. The molecule has 1 aromatic carbocycles. The monoisotopic (exact) mass is 510 g/mol. The van der Waals surface area contributed by atoms with Crippen LogP contribution in [0.4, 0.5) is 5.82 Å². The molecular formula is C27H34N4O4S. The number of sulfonamides is 1. The van der Waals surface area contributed by atoms with E-state index in [1.165, 1.54) is 28.3 Å². The van der Waals surface area contributed by atoms with Crippen LogP contribution in [0, 0.1) is 0 Å². The highest BCUT2D eigenvalue weighted by atomic mass is 32.2. The molecule has 0 atom stereocenters. The van der Waals surface area contributed by atoms with Crippen LogP contribution >= 0.6 is 0 Å². The summed E-state index contributed by atoms with van der Waals surface area (Å²) in [5.74, 6) is -0.642. The van der Waals surface area contributed by atoms with Crippen molar-refractivity contribution in [2.24, 2.45) is 0 Å². The molecule has 36 heavy (non-hydrogen) atoms. The fourth-order valence-corrected chi connectivity index (χ4v) is 5.28. The molecule has 8 nitrogen and oxygen atoms in total. The average molecular weight is 511 g/mol. The van der Waals surface area contributed by atoms with E-state index in [-0.39, 0.29) is 29.9 Å². The number of unbranched alkanes of at least 4 members (excludes halogenated alkanes) is 1. The number of nitrogens with zero attached hydrogens (tertiary/aromatic N) is 3. The second-order valence-corrected chi connectivity index (χ2v) is 11.3. The van der Waals surface area contributed by atoms with Crippen molar-refractivity contribution in [3.63, 3.8) is 0 Å². The molecule has 0 saturated carbocycles. The van der Waals surface area contributed by atoms with Crippen LogP contribution in [0.2, 0.25) is 0 Å². The summed E-state index contributed by atoms with van der Waals surface area (Å²) in [6.45, 7) is 6.53. The smallest absolute Gasteiger partial charge is 0.322 e. The van der Waals surface area contributed by atoms with Crippen molar-refractivity contribution in [3.8, 4) is 0 Å². The zero-order valence-corrected chi connectivity index (χ0v) is 21.8. The second kappa shape index (κ2) is 12.1. The molecule has 0 bridgehead atoms. The van der Waals surface area contributed by atoms with Crippen molar-refractivity contribution in [1.29, 1.82) is 0 Å². The largest absolute Gasteiger partial charge is 0.480 e. The molecule has 0 aliphatic heterocycles. The molecule has 3 rings (SSSR count). The van der Waals surface area contributed by atoms with Crippen LogP contribution in [0.1, 0.15) is 56.9 Å². The first-order chi connectivity index (χ1) is 17.1. The Balaban J connectivity index is 1.88. The molecule has 0 radical (unpaired) electrons. The van der Waals surface area contributed by atoms with E-state index in [1.54, 1.807) is 24.3 Å². The maximum Gasteiger partial charge on any atom is 0.322 e. The first-order valence-electron chi connectivity index (χ1n) is 12.0. The number of carbonyl (C=O) groups is 1. The highest BCUT2D eigenvalue weighted by Gasteiger charge is 2.26. The lowest BCUT2D eigenvalue weighted by Crippen LogP contribution is -2.31. The summed E-state index contributed by atoms with van der Waals surface area (Å²) in [5.41, 5.74) is 2.62. The van der Waals surface area contributed by atoms with E-state index in [0.29, 0.717) is 11.5 Å². The van der Waals surface area contributed by atoms with Crippen molar-refractivity contribution in [2.75, 3.05) is 11.9 Å². The lowest BCUT2D eigenvalue weighted by Gasteiger charge is -2.26. The summed E-state index contributed by atoms with van der Waals surface area (Å²) < 4.78 is 28.5. The fraction of sp³-hybridized carbons (Fsp3) is 0.370. The van der Waals surface area contributed by atoms with E-state index in [9.17, 15) is 13.2 Å². The molecular weight excluding hydrogens is 476 g/mol. The Morgan fingerprint density at radius 2 is 1.81 bits per heavy atom. The van der Waals surface area contributed by atoms with E-state index in [0.717, 1.165) is 24.8 Å². The Bertz CT molecular complexity index is 1250. The number of anilines is 1. The third kappa shape index (κ3) is 7.35. The van der Waals surface area contributed by atoms with Crippen LogP contribution in [0.25, 0.3) is 0 Å². The number of carboxylic acids is 1. The standard InChI is InChI=1S/C27H34N4O4S/c1-4-5-15-27(2,3)22-13-11-21(12-14-22)19-31(36(34,35)24-9-7-16-28-17-24)20-23-8-6-10-25(30-23)29-18-26(32)33/h6-14,16-17H,4-5,15,18-20H2,1-3H3,(H,29,30)(H,32,33). The zero-order chi connectivity index (χ0) is 26.2. The number of benzene rings is 1. The molecule has 2 aromatic heterocycles. The summed E-state index contributed by atoms with van der Waals surface area (Å²) in [6, 6.07) is 16.3. The summed E-state index contributed by atoms with van der Waals surface area (Å²) in [6.07, 6.45) is 6.24. The molecule has 0 aliphatic carbocycles. The van der Waals surface area contributed by atoms with Crippen LogP contribution in [-0.4, -0.2) is 40.3 Å². The molecule has 0 amide bonds. The second-order valence-electron chi connectivity index (χ2n) is 9.41. The molecule has 0 unspecified atom stereocenters. The van der Waals surface area contributed by atoms with E-state index in [2.05, 4.69) is 48.2 Å². The van der Waals surface area contributed by atoms with Crippen molar-refractivity contribution >= 4 is 21.8 Å². The maximum atomic E-state index is 13.6. The number of hydrogen-bond acceptors (Lipinski definition) is 6. The van der Waals surface area contributed by atoms with Gasteiger partial charge in [0, 0.05) is 18.9 Å². The molecule has 0 spiro atoms. The molecule has 9 heteroatoms. The van der Waals surface area contributed by atoms with Crippen molar-refractivity contribution in [3.05, 3.63) is 83.8 Å². The summed E-state index contributed by atoms with van der Waals surface area (Å²) >= 11 is 0. The third-order valence-corrected chi connectivity index (χ3v) is 7.86. The lowest BCUT2D eigenvalue weighted by molar-refractivity contribution is -0.134. The van der Waals surface area contributed by atoms with E-state index < -0.39 is 16.0 Å². The predicted molar refractivity (Wildman–Crippen MR) is 140 cm³/mol. The average Bonchev–Trinajstić information content (AvgIpc) is 2.87. The van der Waals surface area contributed by atoms with Gasteiger partial charge in [0.2, 0.25) is 10.0 Å². The minimum absolute atomic E-state index is 0.0174. The molecule has 2 heterocycles. The number of aromatic nitrogens is 2. The number of nitrogens with one attached hydrogen (secondary N) is 1. The minimum atomic E-state index is -3.87. The van der Waals surface area contributed by atoms with E-state index in [1.807, 2.05) is 12.1 Å². The van der Waals surface area contributed by atoms with Crippen LogP contribution in [0.5, 0.6) is 0 Å². The SMILES string of the molecule is CCCCC(C)(C)c1ccc(CN(Cc2cccc(NCC(=O)O)n2)S(=O)(=O)c2cccnc2)cc1.